The van der Waals surface area contributed by atoms with E-state index in [2.05, 4.69) is 4.98 Å². The van der Waals surface area contributed by atoms with E-state index in [0.717, 1.165) is 22.7 Å². The Labute approximate surface area is 159 Å². The fourth-order valence-electron chi connectivity index (χ4n) is 3.11. The van der Waals surface area contributed by atoms with Gasteiger partial charge in [0.1, 0.15) is 18.0 Å². The van der Waals surface area contributed by atoms with E-state index in [-0.39, 0.29) is 32.1 Å². The lowest BCUT2D eigenvalue weighted by Crippen LogP contribution is -2.50. The predicted octanol–water partition coefficient (Wildman–Crippen LogP) is 1.91. The zero-order valence-electron chi connectivity index (χ0n) is 15.9. The zero-order valence-corrected chi connectivity index (χ0v) is 15.9. The summed E-state index contributed by atoms with van der Waals surface area (Å²) in [4.78, 5) is 18.8. The van der Waals surface area contributed by atoms with Gasteiger partial charge in [-0.05, 0) is 37.6 Å². The van der Waals surface area contributed by atoms with Crippen molar-refractivity contribution in [3.05, 3.63) is 59.4 Å². The normalized spacial score (nSPS) is 20.2. The number of carbonyl (C=O) groups excluding carboxylic acids is 1. The predicted molar refractivity (Wildman–Crippen MR) is 102 cm³/mol. The van der Waals surface area contributed by atoms with Crippen LogP contribution in [0.15, 0.2) is 42.5 Å². The highest BCUT2D eigenvalue weighted by Gasteiger charge is 2.35. The van der Waals surface area contributed by atoms with Gasteiger partial charge in [-0.25, -0.2) is 0 Å². The number of carbonyl (C=O) groups is 1. The molecule has 2 heterocycles. The highest BCUT2D eigenvalue weighted by molar-refractivity contribution is 5.78. The Hall–Kier alpha value is -2.44. The molecule has 0 unspecified atom stereocenters. The van der Waals surface area contributed by atoms with Crippen LogP contribution in [-0.4, -0.2) is 59.4 Å². The van der Waals surface area contributed by atoms with Crippen molar-refractivity contribution >= 4 is 5.91 Å². The van der Waals surface area contributed by atoms with Crippen molar-refractivity contribution in [3.8, 4) is 5.75 Å². The van der Waals surface area contributed by atoms with E-state index in [1.807, 2.05) is 56.3 Å². The van der Waals surface area contributed by atoms with Gasteiger partial charge in [0.25, 0.3) is 0 Å². The van der Waals surface area contributed by atoms with Gasteiger partial charge >= 0.3 is 0 Å². The molecular formula is C21H26N2O4. The molecule has 2 aromatic rings. The minimum atomic E-state index is -1.26. The van der Waals surface area contributed by atoms with Gasteiger partial charge in [-0.3, -0.25) is 9.78 Å². The van der Waals surface area contributed by atoms with Crippen LogP contribution in [0.25, 0.3) is 0 Å². The number of pyridine rings is 1. The Morgan fingerprint density at radius 1 is 1.26 bits per heavy atom. The summed E-state index contributed by atoms with van der Waals surface area (Å²) in [7, 11) is 0. The first-order valence-electron chi connectivity index (χ1n) is 9.14. The van der Waals surface area contributed by atoms with E-state index in [4.69, 9.17) is 9.47 Å². The van der Waals surface area contributed by atoms with Crippen LogP contribution < -0.4 is 4.74 Å². The maximum Gasteiger partial charge on any atom is 0.228 e. The van der Waals surface area contributed by atoms with E-state index in [0.29, 0.717) is 13.2 Å². The van der Waals surface area contributed by atoms with Gasteiger partial charge in [0.05, 0.1) is 26.2 Å². The molecule has 0 bridgehead atoms. The van der Waals surface area contributed by atoms with Gasteiger partial charge in [-0.1, -0.05) is 24.3 Å². The molecule has 3 rings (SSSR count). The number of benzene rings is 1. The van der Waals surface area contributed by atoms with Crippen LogP contribution in [0.1, 0.15) is 17.0 Å². The number of hydrogen-bond acceptors (Lipinski definition) is 5. The molecule has 1 aliphatic rings. The third kappa shape index (κ3) is 5.28. The standard InChI is InChI=1S/C21H26N2O4/c1-16-6-3-4-9-19(16)27-15-21(25)13-23(10-11-26-14-21)20(24)12-18-8-5-7-17(2)22-18/h3-9,25H,10-15H2,1-2H3/t21-/m1/s1. The first-order valence-corrected chi connectivity index (χ1v) is 9.14. The van der Waals surface area contributed by atoms with Crippen LogP contribution in [0.3, 0.4) is 0 Å². The average molecular weight is 370 g/mol. The summed E-state index contributed by atoms with van der Waals surface area (Å²) >= 11 is 0. The molecule has 1 saturated heterocycles. The number of aliphatic hydroxyl groups is 1. The second-order valence-corrected chi connectivity index (χ2v) is 7.09. The Balaban J connectivity index is 1.65. The van der Waals surface area contributed by atoms with Gasteiger partial charge in [-0.15, -0.1) is 0 Å². The second-order valence-electron chi connectivity index (χ2n) is 7.09. The van der Waals surface area contributed by atoms with Crippen molar-refractivity contribution in [2.24, 2.45) is 0 Å². The fraction of sp³-hybridized carbons (Fsp3) is 0.429. The van der Waals surface area contributed by atoms with Crippen LogP contribution in [-0.2, 0) is 16.0 Å². The summed E-state index contributed by atoms with van der Waals surface area (Å²) in [6.45, 7) is 5.04. The molecule has 0 aliphatic carbocycles. The van der Waals surface area contributed by atoms with Crippen LogP contribution >= 0.6 is 0 Å². The monoisotopic (exact) mass is 370 g/mol. The van der Waals surface area contributed by atoms with E-state index >= 15 is 0 Å². The van der Waals surface area contributed by atoms with Crippen LogP contribution in [0.5, 0.6) is 5.75 Å². The number of hydrogen-bond donors (Lipinski definition) is 1. The summed E-state index contributed by atoms with van der Waals surface area (Å²) < 4.78 is 11.4. The Morgan fingerprint density at radius 3 is 2.85 bits per heavy atom. The molecule has 6 nitrogen and oxygen atoms in total. The molecule has 1 atom stereocenters. The van der Waals surface area contributed by atoms with Gasteiger partial charge in [0.15, 0.2) is 0 Å². The molecule has 1 aromatic heterocycles. The SMILES string of the molecule is Cc1cccc(CC(=O)N2CCOC[C@@](O)(COc3ccccc3C)C2)n1. The fourth-order valence-corrected chi connectivity index (χ4v) is 3.11. The quantitative estimate of drug-likeness (QED) is 0.871. The van der Waals surface area contributed by atoms with Crippen molar-refractivity contribution < 1.29 is 19.4 Å². The van der Waals surface area contributed by atoms with Crippen molar-refractivity contribution in [3.63, 3.8) is 0 Å². The molecule has 1 aromatic carbocycles. The Morgan fingerprint density at radius 2 is 2.07 bits per heavy atom. The molecule has 0 radical (unpaired) electrons. The Kier molecular flexibility index (Phi) is 6.08. The topological polar surface area (TPSA) is 71.9 Å². The maximum absolute atomic E-state index is 12.7. The number of rotatable bonds is 5. The molecule has 6 heteroatoms. The number of ether oxygens (including phenoxy) is 2. The summed E-state index contributed by atoms with van der Waals surface area (Å²) in [5.74, 6) is 0.643. The summed E-state index contributed by atoms with van der Waals surface area (Å²) in [6, 6.07) is 13.3. The van der Waals surface area contributed by atoms with E-state index in [9.17, 15) is 9.90 Å². The number of aromatic nitrogens is 1. The average Bonchev–Trinajstić information content (AvgIpc) is 2.83. The number of β-amino-alcohol motifs (C(OH)–C–C–N with tert-alkyl or cyclic N) is 1. The van der Waals surface area contributed by atoms with Crippen molar-refractivity contribution in [2.45, 2.75) is 25.9 Å². The Bertz CT molecular complexity index is 795. The van der Waals surface area contributed by atoms with Gasteiger partial charge in [0.2, 0.25) is 5.91 Å². The summed E-state index contributed by atoms with van der Waals surface area (Å²) in [6.07, 6.45) is 0.205. The van der Waals surface area contributed by atoms with Gasteiger partial charge in [0, 0.05) is 17.9 Å². The van der Waals surface area contributed by atoms with Crippen LogP contribution in [0.4, 0.5) is 0 Å². The summed E-state index contributed by atoms with van der Waals surface area (Å²) in [5, 5.41) is 11.0. The number of nitrogens with zero attached hydrogens (tertiary/aromatic N) is 2. The van der Waals surface area contributed by atoms with Gasteiger partial charge < -0.3 is 19.5 Å². The highest BCUT2D eigenvalue weighted by atomic mass is 16.5. The molecule has 0 spiro atoms. The lowest BCUT2D eigenvalue weighted by molar-refractivity contribution is -0.134. The van der Waals surface area contributed by atoms with E-state index in [1.54, 1.807) is 4.90 Å². The molecule has 144 valence electrons. The molecule has 0 saturated carbocycles. The van der Waals surface area contributed by atoms with Gasteiger partial charge in [-0.2, -0.15) is 0 Å². The molecule has 1 amide bonds. The largest absolute Gasteiger partial charge is 0.490 e. The first-order chi connectivity index (χ1) is 13.0. The van der Waals surface area contributed by atoms with E-state index < -0.39 is 5.60 Å². The van der Waals surface area contributed by atoms with Crippen LogP contribution in [0.2, 0.25) is 0 Å². The van der Waals surface area contributed by atoms with E-state index in [1.165, 1.54) is 0 Å². The minimum Gasteiger partial charge on any atom is -0.490 e. The molecule has 1 aliphatic heterocycles. The van der Waals surface area contributed by atoms with Crippen LogP contribution in [0, 0.1) is 13.8 Å². The lowest BCUT2D eigenvalue weighted by atomic mass is 10.1. The molecule has 1 N–H and O–H groups in total. The van der Waals surface area contributed by atoms with Crippen molar-refractivity contribution in [2.75, 3.05) is 32.9 Å². The molecule has 1 fully saturated rings. The second kappa shape index (κ2) is 8.50. The van der Waals surface area contributed by atoms with Crippen molar-refractivity contribution in [1.82, 2.24) is 9.88 Å². The maximum atomic E-state index is 12.7. The molecule has 27 heavy (non-hydrogen) atoms. The lowest BCUT2D eigenvalue weighted by Gasteiger charge is -2.30. The zero-order chi connectivity index (χ0) is 19.3. The van der Waals surface area contributed by atoms with Crippen molar-refractivity contribution in [1.29, 1.82) is 0 Å². The number of aryl methyl sites for hydroxylation is 2. The first kappa shape index (κ1) is 19.3. The summed E-state index contributed by atoms with van der Waals surface area (Å²) in [5.41, 5.74) is 1.34. The third-order valence-electron chi connectivity index (χ3n) is 4.58. The number of amides is 1. The minimum absolute atomic E-state index is 0.0598. The number of para-hydroxylation sites is 1. The third-order valence-corrected chi connectivity index (χ3v) is 4.58. The molecular weight excluding hydrogens is 344 g/mol. The highest BCUT2D eigenvalue weighted by Crippen LogP contribution is 2.20. The smallest absolute Gasteiger partial charge is 0.228 e.